The predicted molar refractivity (Wildman–Crippen MR) is 146 cm³/mol. The van der Waals surface area contributed by atoms with E-state index in [1.165, 1.54) is 36.9 Å². The van der Waals surface area contributed by atoms with Gasteiger partial charge in [-0.05, 0) is 31.9 Å². The van der Waals surface area contributed by atoms with Crippen LogP contribution in [0.3, 0.4) is 0 Å². The number of nitrogens with zero attached hydrogens (tertiary/aromatic N) is 4. The van der Waals surface area contributed by atoms with Gasteiger partial charge in [0, 0.05) is 32.6 Å². The number of ether oxygens (including phenoxy) is 1. The second kappa shape index (κ2) is 11.9. The lowest BCUT2D eigenvalue weighted by molar-refractivity contribution is -0.144. The molecule has 43 heavy (non-hydrogen) atoms. The summed E-state index contributed by atoms with van der Waals surface area (Å²) in [6.45, 7) is 1.99. The van der Waals surface area contributed by atoms with E-state index in [0.717, 1.165) is 17.7 Å². The number of amides is 4. The minimum Gasteiger partial charge on any atom is -0.475 e. The van der Waals surface area contributed by atoms with Gasteiger partial charge in [0.2, 0.25) is 17.7 Å². The molecule has 1 aromatic heterocycles. The molecule has 0 spiro atoms. The molecule has 2 aliphatic rings. The van der Waals surface area contributed by atoms with Gasteiger partial charge in [0.05, 0.1) is 5.71 Å². The van der Waals surface area contributed by atoms with Crippen LogP contribution in [0.4, 0.5) is 18.0 Å². The van der Waals surface area contributed by atoms with Gasteiger partial charge in [-0.3, -0.25) is 14.4 Å². The standard InChI is InChI=1S/C28H31F3N6O6/c1-26(2,34-25(41)42)23(39)32-18(15-43-21-11-7-10-20(33-21)28(29,30)31)22(38)37-13-12-19-27(16-37,24(40)36(3)35-19)14-17-8-5-4-6-9-17/h4-11,18,34H,12-16H2,1-3H3,(H,32,39)(H,41,42). The monoisotopic (exact) mass is 604 g/mol. The van der Waals surface area contributed by atoms with Gasteiger partial charge in [0.15, 0.2) is 0 Å². The maximum absolute atomic E-state index is 13.9. The highest BCUT2D eigenvalue weighted by molar-refractivity contribution is 6.13. The quantitative estimate of drug-likeness (QED) is 0.397. The number of fused-ring (bicyclic) bond motifs is 1. The number of alkyl halides is 3. The Morgan fingerprint density at radius 2 is 1.81 bits per heavy atom. The van der Waals surface area contributed by atoms with Crippen LogP contribution in [-0.2, 0) is 27.0 Å². The molecule has 3 heterocycles. The second-order valence-electron chi connectivity index (χ2n) is 10.9. The highest BCUT2D eigenvalue weighted by Crippen LogP contribution is 2.38. The smallest absolute Gasteiger partial charge is 0.433 e. The molecule has 2 aromatic rings. The zero-order valence-electron chi connectivity index (χ0n) is 23.6. The van der Waals surface area contributed by atoms with Crippen molar-refractivity contribution in [1.29, 1.82) is 0 Å². The zero-order chi connectivity index (χ0) is 31.6. The molecule has 1 aromatic carbocycles. The third-order valence-electron chi connectivity index (χ3n) is 7.27. The van der Waals surface area contributed by atoms with Crippen LogP contribution in [0.1, 0.15) is 31.5 Å². The summed E-state index contributed by atoms with van der Waals surface area (Å²) in [6.07, 6.45) is -5.70. The Morgan fingerprint density at radius 1 is 1.12 bits per heavy atom. The van der Waals surface area contributed by atoms with Gasteiger partial charge < -0.3 is 25.4 Å². The molecule has 0 radical (unpaired) electrons. The Hall–Kier alpha value is -4.69. The summed E-state index contributed by atoms with van der Waals surface area (Å²) < 4.78 is 45.0. The topological polar surface area (TPSA) is 154 Å². The van der Waals surface area contributed by atoms with Crippen molar-refractivity contribution in [3.63, 3.8) is 0 Å². The van der Waals surface area contributed by atoms with Crippen LogP contribution < -0.4 is 15.4 Å². The largest absolute Gasteiger partial charge is 0.475 e. The summed E-state index contributed by atoms with van der Waals surface area (Å²) in [5.74, 6) is -2.31. The van der Waals surface area contributed by atoms with Gasteiger partial charge in [-0.15, -0.1) is 0 Å². The van der Waals surface area contributed by atoms with Crippen LogP contribution in [0.25, 0.3) is 0 Å². The van der Waals surface area contributed by atoms with Gasteiger partial charge in [-0.2, -0.15) is 18.3 Å². The highest BCUT2D eigenvalue weighted by Gasteiger charge is 2.54. The normalized spacial score (nSPS) is 19.3. The third kappa shape index (κ3) is 6.87. The minimum atomic E-state index is -4.74. The van der Waals surface area contributed by atoms with Gasteiger partial charge in [-0.25, -0.2) is 14.8 Å². The Bertz CT molecular complexity index is 1430. The van der Waals surface area contributed by atoms with Gasteiger partial charge in [0.25, 0.3) is 5.91 Å². The first-order valence-corrected chi connectivity index (χ1v) is 13.3. The van der Waals surface area contributed by atoms with Crippen molar-refractivity contribution < 1.29 is 42.2 Å². The van der Waals surface area contributed by atoms with Crippen molar-refractivity contribution in [3.05, 3.63) is 59.8 Å². The molecular formula is C28H31F3N6O6. The maximum Gasteiger partial charge on any atom is 0.433 e. The molecule has 0 saturated carbocycles. The molecule has 4 rings (SSSR count). The van der Waals surface area contributed by atoms with E-state index in [0.29, 0.717) is 5.71 Å². The summed E-state index contributed by atoms with van der Waals surface area (Å²) >= 11 is 0. The first-order chi connectivity index (χ1) is 20.1. The lowest BCUT2D eigenvalue weighted by Gasteiger charge is -2.40. The van der Waals surface area contributed by atoms with E-state index in [1.807, 2.05) is 30.3 Å². The molecule has 2 unspecified atom stereocenters. The van der Waals surface area contributed by atoms with Crippen molar-refractivity contribution >= 4 is 29.5 Å². The van der Waals surface area contributed by atoms with Crippen LogP contribution in [0.2, 0.25) is 0 Å². The summed E-state index contributed by atoms with van der Waals surface area (Å²) in [6, 6.07) is 10.7. The highest BCUT2D eigenvalue weighted by atomic mass is 19.4. The van der Waals surface area contributed by atoms with Gasteiger partial charge >= 0.3 is 12.3 Å². The van der Waals surface area contributed by atoms with Crippen LogP contribution in [0, 0.1) is 5.41 Å². The number of hydrogen-bond acceptors (Lipinski definition) is 7. The van der Waals surface area contributed by atoms with E-state index in [-0.39, 0.29) is 31.8 Å². The lowest BCUT2D eigenvalue weighted by atomic mass is 9.73. The van der Waals surface area contributed by atoms with E-state index >= 15 is 0 Å². The molecule has 2 atom stereocenters. The second-order valence-corrected chi connectivity index (χ2v) is 10.9. The van der Waals surface area contributed by atoms with Crippen LogP contribution >= 0.6 is 0 Å². The average Bonchev–Trinajstić information content (AvgIpc) is 3.18. The first kappa shape index (κ1) is 31.3. The van der Waals surface area contributed by atoms with E-state index < -0.39 is 59.3 Å². The molecule has 3 N–H and O–H groups in total. The van der Waals surface area contributed by atoms with Crippen molar-refractivity contribution in [1.82, 2.24) is 25.5 Å². The number of hydrogen-bond donors (Lipinski definition) is 3. The van der Waals surface area contributed by atoms with Crippen molar-refractivity contribution in [2.75, 3.05) is 26.7 Å². The number of hydrazone groups is 1. The molecule has 1 fully saturated rings. The predicted octanol–water partition coefficient (Wildman–Crippen LogP) is 2.30. The van der Waals surface area contributed by atoms with E-state index in [4.69, 9.17) is 9.84 Å². The Labute approximate surface area is 244 Å². The number of piperidine rings is 1. The number of halogens is 3. The number of carbonyl (C=O) groups is 4. The molecule has 0 aliphatic carbocycles. The summed E-state index contributed by atoms with van der Waals surface area (Å²) in [7, 11) is 1.53. The third-order valence-corrected chi connectivity index (χ3v) is 7.27. The van der Waals surface area contributed by atoms with E-state index in [9.17, 15) is 32.3 Å². The Morgan fingerprint density at radius 3 is 2.47 bits per heavy atom. The fourth-order valence-corrected chi connectivity index (χ4v) is 5.09. The first-order valence-electron chi connectivity index (χ1n) is 13.3. The summed E-state index contributed by atoms with van der Waals surface area (Å²) in [5.41, 5.74) is -2.59. The van der Waals surface area contributed by atoms with E-state index in [2.05, 4.69) is 20.7 Å². The van der Waals surface area contributed by atoms with Crippen LogP contribution in [-0.4, -0.2) is 87.9 Å². The van der Waals surface area contributed by atoms with Gasteiger partial charge in [-0.1, -0.05) is 36.4 Å². The molecule has 2 aliphatic heterocycles. The van der Waals surface area contributed by atoms with Crippen molar-refractivity contribution in [2.24, 2.45) is 10.5 Å². The average molecular weight is 605 g/mol. The number of nitrogens with one attached hydrogen (secondary N) is 2. The number of rotatable bonds is 9. The summed E-state index contributed by atoms with van der Waals surface area (Å²) in [4.78, 5) is 56.5. The van der Waals surface area contributed by atoms with Crippen molar-refractivity contribution in [2.45, 2.75) is 44.4 Å². The molecule has 4 amide bonds. The number of benzene rings is 1. The molecule has 0 bridgehead atoms. The molecule has 230 valence electrons. The molecule has 15 heteroatoms. The SMILES string of the molecule is CN1N=C2CCN(C(=O)C(COc3cccc(C(F)(F)F)n3)NC(=O)C(C)(C)NC(=O)O)CC2(Cc2ccccc2)C1=O. The minimum absolute atomic E-state index is 0.0757. The molecule has 12 nitrogen and oxygen atoms in total. The number of carbonyl (C=O) groups excluding carboxylic acids is 3. The molecular weight excluding hydrogens is 573 g/mol. The zero-order valence-corrected chi connectivity index (χ0v) is 23.6. The van der Waals surface area contributed by atoms with Crippen LogP contribution in [0.15, 0.2) is 53.6 Å². The lowest BCUT2D eigenvalue weighted by Crippen LogP contribution is -2.63. The number of likely N-dealkylation sites (tertiary alicyclic amines) is 1. The Kier molecular flexibility index (Phi) is 8.64. The number of aromatic nitrogens is 1. The van der Waals surface area contributed by atoms with Gasteiger partial charge in [0.1, 0.15) is 29.3 Å². The van der Waals surface area contributed by atoms with E-state index in [1.54, 1.807) is 0 Å². The number of carboxylic acid groups (broad SMARTS) is 1. The van der Waals surface area contributed by atoms with Crippen LogP contribution in [0.5, 0.6) is 5.88 Å². The number of pyridine rings is 1. The fraction of sp³-hybridized carbons (Fsp3) is 0.429. The summed E-state index contributed by atoms with van der Waals surface area (Å²) in [5, 5.41) is 19.3. The van der Waals surface area contributed by atoms with Crippen molar-refractivity contribution in [3.8, 4) is 5.88 Å². The fourth-order valence-electron chi connectivity index (χ4n) is 5.09. The maximum atomic E-state index is 13.9. The Balaban J connectivity index is 1.61. The molecule has 1 saturated heterocycles.